The number of ether oxygens (including phenoxy) is 3. The van der Waals surface area contributed by atoms with Crippen molar-refractivity contribution in [3.05, 3.63) is 76.3 Å². The van der Waals surface area contributed by atoms with Crippen LogP contribution in [0.4, 0.5) is 13.2 Å². The number of alkyl halides is 3. The molecule has 2 aromatic carbocycles. The van der Waals surface area contributed by atoms with Gasteiger partial charge in [0.05, 0.1) is 23.9 Å². The number of nitrogens with two attached hydrogens (primary N) is 1. The first-order valence-electron chi connectivity index (χ1n) is 10.9. The second kappa shape index (κ2) is 9.16. The molecule has 8 nitrogen and oxygen atoms in total. The maximum atomic E-state index is 13.7. The van der Waals surface area contributed by atoms with Gasteiger partial charge in [-0.05, 0) is 25.1 Å². The molecule has 2 aliphatic rings. The molecule has 0 spiro atoms. The van der Waals surface area contributed by atoms with Crippen LogP contribution in [0, 0.1) is 6.92 Å². The van der Waals surface area contributed by atoms with Gasteiger partial charge in [-0.3, -0.25) is 0 Å². The van der Waals surface area contributed by atoms with Crippen LogP contribution in [0.25, 0.3) is 5.69 Å². The van der Waals surface area contributed by atoms with Gasteiger partial charge in [0.25, 0.3) is 0 Å². The monoisotopic (exact) mass is 510 g/mol. The summed E-state index contributed by atoms with van der Waals surface area (Å²) < 4.78 is 60.1. The Bertz CT molecular complexity index is 1210. The second-order valence-corrected chi connectivity index (χ2v) is 8.86. The van der Waals surface area contributed by atoms with Gasteiger partial charge in [0, 0.05) is 10.6 Å². The zero-order valence-corrected chi connectivity index (χ0v) is 19.1. The van der Waals surface area contributed by atoms with Crippen LogP contribution in [-0.4, -0.2) is 50.8 Å². The highest BCUT2D eigenvalue weighted by Crippen LogP contribution is 2.40. The highest BCUT2D eigenvalue weighted by molar-refractivity contribution is 6.30. The fraction of sp³-hybridized carbons (Fsp3) is 0.391. The van der Waals surface area contributed by atoms with E-state index < -0.39 is 48.5 Å². The predicted molar refractivity (Wildman–Crippen MR) is 118 cm³/mol. The molecule has 0 saturated carbocycles. The van der Waals surface area contributed by atoms with Gasteiger partial charge < -0.3 is 25.1 Å². The zero-order chi connectivity index (χ0) is 24.9. The van der Waals surface area contributed by atoms with Gasteiger partial charge >= 0.3 is 6.18 Å². The summed E-state index contributed by atoms with van der Waals surface area (Å²) in [5, 5.41) is 15.3. The van der Waals surface area contributed by atoms with Crippen molar-refractivity contribution in [2.24, 2.45) is 5.73 Å². The Morgan fingerprint density at radius 2 is 1.89 bits per heavy atom. The van der Waals surface area contributed by atoms with Crippen LogP contribution < -0.4 is 5.73 Å². The smallest absolute Gasteiger partial charge is 0.388 e. The zero-order valence-electron chi connectivity index (χ0n) is 18.4. The number of hydrogen-bond acceptors (Lipinski definition) is 7. The molecule has 186 valence electrons. The Hall–Kier alpha value is -2.54. The summed E-state index contributed by atoms with van der Waals surface area (Å²) in [7, 11) is 0. The largest absolute Gasteiger partial charge is 0.418 e. The first-order valence-corrected chi connectivity index (χ1v) is 11.2. The standard InChI is InChI=1S/C23H22ClF3N4O4/c1-11-29-21(31(30-11)15-9-13(24)7-8-14(15)23(25,26)27)20-18(32)17(28)19-16(34-20)10-33-22(35-19)12-5-3-2-4-6-12/h2-9,16-20,22,32H,10,28H2,1H3/t16-,17-,18-,19+,20-,22?/m1/s1. The van der Waals surface area contributed by atoms with Crippen molar-refractivity contribution in [1.29, 1.82) is 0 Å². The number of aromatic nitrogens is 3. The minimum absolute atomic E-state index is 0.0400. The Morgan fingerprint density at radius 3 is 2.60 bits per heavy atom. The van der Waals surface area contributed by atoms with E-state index in [0.29, 0.717) is 0 Å². The lowest BCUT2D eigenvalue weighted by molar-refractivity contribution is -0.309. The number of halogens is 4. The van der Waals surface area contributed by atoms with E-state index in [4.69, 9.17) is 31.5 Å². The van der Waals surface area contributed by atoms with Crippen LogP contribution in [-0.2, 0) is 20.4 Å². The average Bonchev–Trinajstić information content (AvgIpc) is 3.22. The van der Waals surface area contributed by atoms with Gasteiger partial charge in [0.1, 0.15) is 30.2 Å². The number of aliphatic hydroxyl groups is 1. The Kier molecular flexibility index (Phi) is 6.32. The van der Waals surface area contributed by atoms with Crippen LogP contribution in [0.1, 0.15) is 35.2 Å². The molecule has 2 aliphatic heterocycles. The maximum absolute atomic E-state index is 13.7. The molecule has 2 saturated heterocycles. The van der Waals surface area contributed by atoms with Gasteiger partial charge in [-0.1, -0.05) is 41.9 Å². The molecule has 1 unspecified atom stereocenters. The quantitative estimate of drug-likeness (QED) is 0.556. The maximum Gasteiger partial charge on any atom is 0.418 e. The second-order valence-electron chi connectivity index (χ2n) is 8.43. The molecule has 0 aliphatic carbocycles. The topological polar surface area (TPSA) is 105 Å². The lowest BCUT2D eigenvalue weighted by Crippen LogP contribution is -2.62. The van der Waals surface area contributed by atoms with Gasteiger partial charge in [0.15, 0.2) is 12.1 Å². The van der Waals surface area contributed by atoms with Gasteiger partial charge in [-0.15, -0.1) is 0 Å². The number of hydrogen-bond donors (Lipinski definition) is 2. The molecule has 3 aromatic rings. The van der Waals surface area contributed by atoms with Crippen molar-refractivity contribution < 1.29 is 32.5 Å². The normalized spacial score (nSPS) is 29.1. The summed E-state index contributed by atoms with van der Waals surface area (Å²) in [6, 6.07) is 11.4. The summed E-state index contributed by atoms with van der Waals surface area (Å²) in [6.07, 6.45) is -9.31. The number of fused-ring (bicyclic) bond motifs is 1. The van der Waals surface area contributed by atoms with E-state index in [9.17, 15) is 18.3 Å². The lowest BCUT2D eigenvalue weighted by Gasteiger charge is -2.46. The summed E-state index contributed by atoms with van der Waals surface area (Å²) in [5.41, 5.74) is 5.83. The van der Waals surface area contributed by atoms with E-state index in [0.717, 1.165) is 28.4 Å². The van der Waals surface area contributed by atoms with E-state index in [1.807, 2.05) is 30.3 Å². The SMILES string of the molecule is Cc1nc([C@@H]2O[C@@H]3COC(c4ccccc4)O[C@@H]3[C@H](N)[C@H]2O)n(-c2cc(Cl)ccc2C(F)(F)F)n1. The van der Waals surface area contributed by atoms with Gasteiger partial charge in [0.2, 0.25) is 0 Å². The van der Waals surface area contributed by atoms with E-state index >= 15 is 0 Å². The molecule has 1 aromatic heterocycles. The lowest BCUT2D eigenvalue weighted by atomic mass is 9.92. The van der Waals surface area contributed by atoms with Gasteiger partial charge in [-0.2, -0.15) is 18.3 Å². The Labute approximate surface area is 203 Å². The van der Waals surface area contributed by atoms with Crippen LogP contribution in [0.5, 0.6) is 0 Å². The minimum atomic E-state index is -4.68. The fourth-order valence-electron chi connectivity index (χ4n) is 4.38. The van der Waals surface area contributed by atoms with E-state index in [1.165, 1.54) is 6.92 Å². The number of rotatable bonds is 3. The molecule has 0 amide bonds. The first-order chi connectivity index (χ1) is 16.6. The molecule has 12 heteroatoms. The van der Waals surface area contributed by atoms with Crippen molar-refractivity contribution in [1.82, 2.24) is 14.8 Å². The van der Waals surface area contributed by atoms with E-state index in [2.05, 4.69) is 10.1 Å². The summed E-state index contributed by atoms with van der Waals surface area (Å²) in [5.74, 6) is 0.140. The molecule has 35 heavy (non-hydrogen) atoms. The Morgan fingerprint density at radius 1 is 1.14 bits per heavy atom. The highest BCUT2D eigenvalue weighted by atomic mass is 35.5. The fourth-order valence-corrected chi connectivity index (χ4v) is 4.54. The van der Waals surface area contributed by atoms with Gasteiger partial charge in [-0.25, -0.2) is 9.67 Å². The van der Waals surface area contributed by atoms with Crippen LogP contribution in [0.15, 0.2) is 48.5 Å². The Balaban J connectivity index is 1.47. The molecular formula is C23H22ClF3N4O4. The number of aryl methyl sites for hydroxylation is 1. The minimum Gasteiger partial charge on any atom is -0.388 e. The number of nitrogens with zero attached hydrogens (tertiary/aromatic N) is 3. The third kappa shape index (κ3) is 4.55. The summed E-state index contributed by atoms with van der Waals surface area (Å²) in [6.45, 7) is 1.62. The molecule has 0 radical (unpaired) electrons. The van der Waals surface area contributed by atoms with Crippen molar-refractivity contribution in [3.8, 4) is 5.69 Å². The molecular weight excluding hydrogens is 489 g/mol. The third-order valence-electron chi connectivity index (χ3n) is 6.02. The van der Waals surface area contributed by atoms with Crippen molar-refractivity contribution >= 4 is 11.6 Å². The summed E-state index contributed by atoms with van der Waals surface area (Å²) >= 11 is 6.01. The number of benzene rings is 2. The van der Waals surface area contributed by atoms with Crippen molar-refractivity contribution in [2.45, 2.75) is 49.8 Å². The third-order valence-corrected chi connectivity index (χ3v) is 6.26. The molecule has 3 N–H and O–H groups in total. The molecule has 2 fully saturated rings. The van der Waals surface area contributed by atoms with Crippen molar-refractivity contribution in [2.75, 3.05) is 6.61 Å². The summed E-state index contributed by atoms with van der Waals surface area (Å²) in [4.78, 5) is 4.27. The average molecular weight is 511 g/mol. The number of aliphatic hydroxyl groups excluding tert-OH is 1. The molecule has 6 atom stereocenters. The molecule has 3 heterocycles. The molecule has 5 rings (SSSR count). The van der Waals surface area contributed by atoms with E-state index in [-0.39, 0.29) is 29.0 Å². The first kappa shape index (κ1) is 24.2. The van der Waals surface area contributed by atoms with Crippen LogP contribution in [0.2, 0.25) is 5.02 Å². The van der Waals surface area contributed by atoms with E-state index in [1.54, 1.807) is 0 Å². The van der Waals surface area contributed by atoms with Crippen LogP contribution >= 0.6 is 11.6 Å². The van der Waals surface area contributed by atoms with Crippen molar-refractivity contribution in [3.63, 3.8) is 0 Å². The predicted octanol–water partition coefficient (Wildman–Crippen LogP) is 3.49. The highest BCUT2D eigenvalue weighted by Gasteiger charge is 2.50. The molecule has 0 bridgehead atoms. The van der Waals surface area contributed by atoms with Crippen LogP contribution in [0.3, 0.4) is 0 Å².